The van der Waals surface area contributed by atoms with E-state index in [1.165, 1.54) is 51.4 Å². The SMILES string of the molecule is CCCCCCCCCCNOc1ccccc1. The summed E-state index contributed by atoms with van der Waals surface area (Å²) in [5.74, 6) is 0.886. The van der Waals surface area contributed by atoms with Crippen LogP contribution in [0.2, 0.25) is 0 Å². The highest BCUT2D eigenvalue weighted by molar-refractivity contribution is 5.20. The van der Waals surface area contributed by atoms with Crippen molar-refractivity contribution >= 4 is 0 Å². The molecule has 0 aliphatic rings. The quantitative estimate of drug-likeness (QED) is 0.453. The van der Waals surface area contributed by atoms with Crippen LogP contribution in [0.3, 0.4) is 0 Å². The first-order valence-electron chi connectivity index (χ1n) is 7.38. The van der Waals surface area contributed by atoms with Crippen LogP contribution in [-0.4, -0.2) is 6.54 Å². The molecule has 1 rings (SSSR count). The maximum Gasteiger partial charge on any atom is 0.147 e. The monoisotopic (exact) mass is 249 g/mol. The van der Waals surface area contributed by atoms with Crippen molar-refractivity contribution in [3.63, 3.8) is 0 Å². The van der Waals surface area contributed by atoms with Gasteiger partial charge in [0, 0.05) is 6.54 Å². The summed E-state index contributed by atoms with van der Waals surface area (Å²) < 4.78 is 0. The molecule has 1 N–H and O–H groups in total. The fourth-order valence-electron chi connectivity index (χ4n) is 1.95. The van der Waals surface area contributed by atoms with E-state index < -0.39 is 0 Å². The van der Waals surface area contributed by atoms with E-state index in [0.29, 0.717) is 0 Å². The fourth-order valence-corrected chi connectivity index (χ4v) is 1.95. The van der Waals surface area contributed by atoms with E-state index in [0.717, 1.165) is 12.3 Å². The van der Waals surface area contributed by atoms with Gasteiger partial charge in [0.15, 0.2) is 0 Å². The highest BCUT2D eigenvalue weighted by atomic mass is 16.6. The summed E-state index contributed by atoms with van der Waals surface area (Å²) in [6.45, 7) is 3.20. The first-order chi connectivity index (χ1) is 8.93. The Morgan fingerprint density at radius 3 is 2.11 bits per heavy atom. The van der Waals surface area contributed by atoms with Crippen LogP contribution in [-0.2, 0) is 0 Å². The molecule has 0 saturated carbocycles. The van der Waals surface area contributed by atoms with Crippen LogP contribution in [0.4, 0.5) is 0 Å². The normalized spacial score (nSPS) is 10.5. The van der Waals surface area contributed by atoms with E-state index in [1.807, 2.05) is 30.3 Å². The molecule has 0 fully saturated rings. The molecule has 0 aliphatic carbocycles. The molecule has 0 spiro atoms. The highest BCUT2D eigenvalue weighted by Crippen LogP contribution is 2.08. The molecule has 0 amide bonds. The van der Waals surface area contributed by atoms with Crippen molar-refractivity contribution in [1.29, 1.82) is 0 Å². The van der Waals surface area contributed by atoms with Crippen molar-refractivity contribution < 1.29 is 4.84 Å². The third-order valence-corrected chi connectivity index (χ3v) is 3.07. The number of hydrogen-bond acceptors (Lipinski definition) is 2. The smallest absolute Gasteiger partial charge is 0.147 e. The third-order valence-electron chi connectivity index (χ3n) is 3.07. The summed E-state index contributed by atoms with van der Waals surface area (Å²) in [5, 5.41) is 0. The zero-order chi connectivity index (χ0) is 12.9. The number of hydrogen-bond donors (Lipinski definition) is 1. The Kier molecular flexibility index (Phi) is 9.27. The zero-order valence-corrected chi connectivity index (χ0v) is 11.7. The van der Waals surface area contributed by atoms with E-state index in [9.17, 15) is 0 Å². The van der Waals surface area contributed by atoms with Gasteiger partial charge in [0.05, 0.1) is 0 Å². The van der Waals surface area contributed by atoms with Gasteiger partial charge < -0.3 is 4.84 Å². The number of hydroxylamine groups is 1. The van der Waals surface area contributed by atoms with Crippen molar-refractivity contribution in [1.82, 2.24) is 5.48 Å². The van der Waals surface area contributed by atoms with E-state index in [4.69, 9.17) is 4.84 Å². The van der Waals surface area contributed by atoms with E-state index in [2.05, 4.69) is 12.4 Å². The van der Waals surface area contributed by atoms with Crippen LogP contribution in [0.25, 0.3) is 0 Å². The molecule has 0 aromatic heterocycles. The summed E-state index contributed by atoms with van der Waals surface area (Å²) in [6, 6.07) is 9.87. The summed E-state index contributed by atoms with van der Waals surface area (Å²) in [4.78, 5) is 5.42. The van der Waals surface area contributed by atoms with Gasteiger partial charge in [-0.2, -0.15) is 5.48 Å². The van der Waals surface area contributed by atoms with Gasteiger partial charge in [0.2, 0.25) is 0 Å². The van der Waals surface area contributed by atoms with Crippen molar-refractivity contribution in [3.8, 4) is 5.75 Å². The number of nitrogens with one attached hydrogen (secondary N) is 1. The Morgan fingerprint density at radius 1 is 0.833 bits per heavy atom. The molecule has 1 aromatic carbocycles. The molecule has 0 atom stereocenters. The number of rotatable bonds is 11. The molecule has 18 heavy (non-hydrogen) atoms. The molecule has 102 valence electrons. The lowest BCUT2D eigenvalue weighted by Crippen LogP contribution is -2.19. The summed E-state index contributed by atoms with van der Waals surface area (Å²) in [7, 11) is 0. The second kappa shape index (κ2) is 11.1. The van der Waals surface area contributed by atoms with Crippen LogP contribution in [0.1, 0.15) is 58.3 Å². The Morgan fingerprint density at radius 2 is 1.44 bits per heavy atom. The summed E-state index contributed by atoms with van der Waals surface area (Å²) in [6.07, 6.45) is 10.8. The van der Waals surface area contributed by atoms with Gasteiger partial charge in [-0.1, -0.05) is 70.1 Å². The average Bonchev–Trinajstić information content (AvgIpc) is 2.42. The largest absolute Gasteiger partial charge is 0.409 e. The standard InChI is InChI=1S/C16H27NO/c1-2-3-4-5-6-7-8-12-15-17-18-16-13-10-9-11-14-16/h9-11,13-14,17H,2-8,12,15H2,1H3. The molecule has 0 radical (unpaired) electrons. The Balaban J connectivity index is 1.82. The van der Waals surface area contributed by atoms with E-state index in [1.54, 1.807) is 0 Å². The summed E-state index contributed by atoms with van der Waals surface area (Å²) >= 11 is 0. The third kappa shape index (κ3) is 8.13. The van der Waals surface area contributed by atoms with Crippen LogP contribution in [0.15, 0.2) is 30.3 Å². The van der Waals surface area contributed by atoms with E-state index >= 15 is 0 Å². The zero-order valence-electron chi connectivity index (χ0n) is 11.7. The second-order valence-corrected chi connectivity index (χ2v) is 4.78. The highest BCUT2D eigenvalue weighted by Gasteiger charge is 1.93. The lowest BCUT2D eigenvalue weighted by atomic mass is 10.1. The van der Waals surface area contributed by atoms with Gasteiger partial charge in [-0.15, -0.1) is 0 Å². The summed E-state index contributed by atoms with van der Waals surface area (Å²) in [5.41, 5.74) is 3.01. The fraction of sp³-hybridized carbons (Fsp3) is 0.625. The molecule has 2 nitrogen and oxygen atoms in total. The lowest BCUT2D eigenvalue weighted by molar-refractivity contribution is 0.193. The van der Waals surface area contributed by atoms with Gasteiger partial charge in [-0.3, -0.25) is 0 Å². The molecule has 1 aromatic rings. The minimum absolute atomic E-state index is 0.886. The Bertz CT molecular complexity index is 274. The number of unbranched alkanes of at least 4 members (excludes halogenated alkanes) is 7. The molecule has 0 saturated heterocycles. The van der Waals surface area contributed by atoms with Crippen LogP contribution >= 0.6 is 0 Å². The van der Waals surface area contributed by atoms with E-state index in [-0.39, 0.29) is 0 Å². The maximum atomic E-state index is 5.42. The second-order valence-electron chi connectivity index (χ2n) is 4.78. The predicted octanol–water partition coefficient (Wildman–Crippen LogP) is 4.71. The maximum absolute atomic E-state index is 5.42. The van der Waals surface area contributed by atoms with Crippen LogP contribution in [0.5, 0.6) is 5.75 Å². The van der Waals surface area contributed by atoms with Gasteiger partial charge in [0.1, 0.15) is 5.75 Å². The van der Waals surface area contributed by atoms with Gasteiger partial charge >= 0.3 is 0 Å². The first kappa shape index (κ1) is 15.0. The molecule has 0 unspecified atom stereocenters. The Labute approximate surface area is 112 Å². The average molecular weight is 249 g/mol. The molecular weight excluding hydrogens is 222 g/mol. The molecule has 0 heterocycles. The van der Waals surface area contributed by atoms with Crippen molar-refractivity contribution in [3.05, 3.63) is 30.3 Å². The molecule has 0 bridgehead atoms. The van der Waals surface area contributed by atoms with Crippen molar-refractivity contribution in [2.24, 2.45) is 0 Å². The molecule has 0 aliphatic heterocycles. The first-order valence-corrected chi connectivity index (χ1v) is 7.38. The van der Waals surface area contributed by atoms with Crippen molar-refractivity contribution in [2.45, 2.75) is 58.3 Å². The number of para-hydroxylation sites is 1. The van der Waals surface area contributed by atoms with Gasteiger partial charge in [0.25, 0.3) is 0 Å². The Hall–Kier alpha value is -1.02. The molecule has 2 heteroatoms. The van der Waals surface area contributed by atoms with Gasteiger partial charge in [-0.05, 0) is 18.6 Å². The molecular formula is C16H27NO. The number of benzene rings is 1. The van der Waals surface area contributed by atoms with Crippen LogP contribution in [0, 0.1) is 0 Å². The lowest BCUT2D eigenvalue weighted by Gasteiger charge is -2.06. The van der Waals surface area contributed by atoms with Crippen LogP contribution < -0.4 is 10.3 Å². The minimum Gasteiger partial charge on any atom is -0.409 e. The topological polar surface area (TPSA) is 21.3 Å². The minimum atomic E-state index is 0.886. The van der Waals surface area contributed by atoms with Gasteiger partial charge in [-0.25, -0.2) is 0 Å². The predicted molar refractivity (Wildman–Crippen MR) is 77.7 cm³/mol. The van der Waals surface area contributed by atoms with Crippen molar-refractivity contribution in [2.75, 3.05) is 6.54 Å².